The number of para-hydroxylation sites is 1. The van der Waals surface area contributed by atoms with E-state index in [2.05, 4.69) is 55.8 Å². The number of rotatable bonds is 7. The minimum atomic E-state index is -0.442. The lowest BCUT2D eigenvalue weighted by Gasteiger charge is -2.36. The van der Waals surface area contributed by atoms with Crippen LogP contribution in [0.25, 0.3) is 0 Å². The first kappa shape index (κ1) is 27.2. The molecule has 0 spiro atoms. The maximum Gasteiger partial charge on any atom is 0.337 e. The third kappa shape index (κ3) is 5.70. The van der Waals surface area contributed by atoms with Gasteiger partial charge in [-0.05, 0) is 66.7 Å². The summed E-state index contributed by atoms with van der Waals surface area (Å²) >= 11 is 5.52. The van der Waals surface area contributed by atoms with Crippen LogP contribution in [-0.2, 0) is 9.53 Å². The van der Waals surface area contributed by atoms with E-state index in [-0.39, 0.29) is 17.9 Å². The highest BCUT2D eigenvalue weighted by atomic mass is 32.1. The van der Waals surface area contributed by atoms with Gasteiger partial charge >= 0.3 is 12.0 Å². The van der Waals surface area contributed by atoms with Gasteiger partial charge in [-0.25, -0.2) is 9.59 Å². The number of hydrogen-bond acceptors (Lipinski definition) is 4. The SMILES string of the molecule is CCN1C(=S)NC(c2ccc(NC(=O)Nc3c(C(C)C)cccc3C(C)C)cc2)C(C(=O)OC)=C1C. The minimum Gasteiger partial charge on any atom is -0.466 e. The van der Waals surface area contributed by atoms with Crippen LogP contribution in [0.1, 0.15) is 76.1 Å². The molecule has 192 valence electrons. The van der Waals surface area contributed by atoms with Gasteiger partial charge < -0.3 is 25.6 Å². The molecule has 7 nitrogen and oxygen atoms in total. The van der Waals surface area contributed by atoms with E-state index in [4.69, 9.17) is 17.0 Å². The second kappa shape index (κ2) is 11.6. The first-order valence-electron chi connectivity index (χ1n) is 12.3. The van der Waals surface area contributed by atoms with E-state index in [9.17, 15) is 9.59 Å². The highest BCUT2D eigenvalue weighted by molar-refractivity contribution is 7.80. The lowest BCUT2D eigenvalue weighted by molar-refractivity contribution is -0.136. The van der Waals surface area contributed by atoms with Crippen molar-refractivity contribution in [2.24, 2.45) is 0 Å². The molecular weight excluding hydrogens is 472 g/mol. The number of carbonyl (C=O) groups excluding carboxylic acids is 2. The molecule has 36 heavy (non-hydrogen) atoms. The fourth-order valence-electron chi connectivity index (χ4n) is 4.52. The van der Waals surface area contributed by atoms with Crippen LogP contribution < -0.4 is 16.0 Å². The lowest BCUT2D eigenvalue weighted by Crippen LogP contribution is -2.47. The van der Waals surface area contributed by atoms with Crippen molar-refractivity contribution >= 4 is 40.7 Å². The van der Waals surface area contributed by atoms with Crippen molar-refractivity contribution in [2.75, 3.05) is 24.3 Å². The number of esters is 1. The Morgan fingerprint density at radius 3 is 2.11 bits per heavy atom. The topological polar surface area (TPSA) is 82.7 Å². The third-order valence-corrected chi connectivity index (χ3v) is 6.77. The van der Waals surface area contributed by atoms with Crippen LogP contribution in [0.5, 0.6) is 0 Å². The van der Waals surface area contributed by atoms with Crippen LogP contribution in [0.4, 0.5) is 16.2 Å². The minimum absolute atomic E-state index is 0.275. The standard InChI is InChI=1S/C28H36N4O3S/c1-8-32-18(6)23(26(33)35-7)24(31-28(32)36)19-12-14-20(15-13-19)29-27(34)30-25-21(16(2)3)10-9-11-22(25)17(4)5/h9-17,24H,8H2,1-7H3,(H,31,36)(H2,29,30,34). The zero-order chi connectivity index (χ0) is 26.6. The Bertz CT molecular complexity index is 1150. The molecule has 1 aliphatic rings. The molecule has 0 bridgehead atoms. The maximum absolute atomic E-state index is 12.9. The summed E-state index contributed by atoms with van der Waals surface area (Å²) in [6.45, 7) is 12.9. The molecule has 2 aromatic rings. The highest BCUT2D eigenvalue weighted by Crippen LogP contribution is 2.33. The summed E-state index contributed by atoms with van der Waals surface area (Å²) in [5.74, 6) is 0.144. The van der Waals surface area contributed by atoms with Crippen LogP contribution in [0.3, 0.4) is 0 Å². The van der Waals surface area contributed by atoms with Crippen molar-refractivity contribution in [3.05, 3.63) is 70.4 Å². The molecule has 0 aliphatic carbocycles. The molecule has 0 fully saturated rings. The molecule has 8 heteroatoms. The van der Waals surface area contributed by atoms with Crippen molar-refractivity contribution in [3.8, 4) is 0 Å². The number of methoxy groups -OCH3 is 1. The number of amides is 2. The Morgan fingerprint density at radius 1 is 1.03 bits per heavy atom. The maximum atomic E-state index is 12.9. The summed E-state index contributed by atoms with van der Waals surface area (Å²) in [7, 11) is 1.37. The molecular formula is C28H36N4O3S. The van der Waals surface area contributed by atoms with E-state index in [1.165, 1.54) is 7.11 Å². The number of thiocarbonyl (C=S) groups is 1. The summed E-state index contributed by atoms with van der Waals surface area (Å²) in [4.78, 5) is 27.4. The number of benzene rings is 2. The highest BCUT2D eigenvalue weighted by Gasteiger charge is 2.33. The Balaban J connectivity index is 1.82. The Labute approximate surface area is 219 Å². The van der Waals surface area contributed by atoms with E-state index < -0.39 is 12.0 Å². The number of carbonyl (C=O) groups is 2. The van der Waals surface area contributed by atoms with Crippen molar-refractivity contribution < 1.29 is 14.3 Å². The average Bonchev–Trinajstić information content (AvgIpc) is 2.83. The van der Waals surface area contributed by atoms with Gasteiger partial charge in [0.25, 0.3) is 0 Å². The van der Waals surface area contributed by atoms with E-state index in [1.54, 1.807) is 0 Å². The average molecular weight is 509 g/mol. The van der Waals surface area contributed by atoms with Crippen LogP contribution in [-0.4, -0.2) is 35.7 Å². The fourth-order valence-corrected chi connectivity index (χ4v) is 4.90. The fraction of sp³-hybridized carbons (Fsp3) is 0.393. The van der Waals surface area contributed by atoms with E-state index in [0.29, 0.717) is 22.9 Å². The molecule has 0 radical (unpaired) electrons. The van der Waals surface area contributed by atoms with Crippen LogP contribution >= 0.6 is 12.2 Å². The first-order valence-corrected chi connectivity index (χ1v) is 12.7. The number of nitrogens with one attached hydrogen (secondary N) is 3. The second-order valence-corrected chi connectivity index (χ2v) is 9.83. The molecule has 2 aromatic carbocycles. The number of allylic oxidation sites excluding steroid dienone is 1. The molecule has 1 aliphatic heterocycles. The summed E-state index contributed by atoms with van der Waals surface area (Å²) < 4.78 is 5.05. The predicted octanol–water partition coefficient (Wildman–Crippen LogP) is 6.28. The Hall–Kier alpha value is -3.39. The van der Waals surface area contributed by atoms with Gasteiger partial charge in [-0.2, -0.15) is 0 Å². The van der Waals surface area contributed by atoms with Gasteiger partial charge in [0, 0.05) is 23.6 Å². The van der Waals surface area contributed by atoms with Gasteiger partial charge in [0.2, 0.25) is 0 Å². The summed E-state index contributed by atoms with van der Waals surface area (Å²) in [6.07, 6.45) is 0. The van der Waals surface area contributed by atoms with Gasteiger partial charge in [0.1, 0.15) is 0 Å². The molecule has 1 unspecified atom stereocenters. The number of nitrogens with zero attached hydrogens (tertiary/aromatic N) is 1. The summed E-state index contributed by atoms with van der Waals surface area (Å²) in [6, 6.07) is 12.8. The van der Waals surface area contributed by atoms with E-state index in [0.717, 1.165) is 28.1 Å². The zero-order valence-electron chi connectivity index (χ0n) is 22.1. The summed E-state index contributed by atoms with van der Waals surface area (Å²) in [5.41, 5.74) is 5.82. The van der Waals surface area contributed by atoms with Crippen molar-refractivity contribution in [3.63, 3.8) is 0 Å². The largest absolute Gasteiger partial charge is 0.466 e. The molecule has 1 atom stereocenters. The van der Waals surface area contributed by atoms with Crippen molar-refractivity contribution in [1.29, 1.82) is 0 Å². The number of hydrogen-bond donors (Lipinski definition) is 3. The molecule has 3 rings (SSSR count). The van der Waals surface area contributed by atoms with E-state index >= 15 is 0 Å². The molecule has 3 N–H and O–H groups in total. The van der Waals surface area contributed by atoms with Crippen LogP contribution in [0.2, 0.25) is 0 Å². The lowest BCUT2D eigenvalue weighted by atomic mass is 9.93. The third-order valence-electron chi connectivity index (χ3n) is 6.43. The second-order valence-electron chi connectivity index (χ2n) is 9.44. The van der Waals surface area contributed by atoms with Crippen molar-refractivity contribution in [1.82, 2.24) is 10.2 Å². The Morgan fingerprint density at radius 2 is 1.61 bits per heavy atom. The van der Waals surface area contributed by atoms with Crippen molar-refractivity contribution in [2.45, 2.75) is 59.4 Å². The summed E-state index contributed by atoms with van der Waals surface area (Å²) in [5, 5.41) is 9.80. The number of anilines is 2. The zero-order valence-corrected chi connectivity index (χ0v) is 22.9. The molecule has 2 amide bonds. The van der Waals surface area contributed by atoms with Gasteiger partial charge in [-0.15, -0.1) is 0 Å². The van der Waals surface area contributed by atoms with Gasteiger partial charge in [0.15, 0.2) is 5.11 Å². The number of ether oxygens (including phenoxy) is 1. The van der Waals surface area contributed by atoms with E-state index in [1.807, 2.05) is 49.1 Å². The normalized spacial score (nSPS) is 15.8. The molecule has 1 heterocycles. The molecule has 0 saturated carbocycles. The smallest absolute Gasteiger partial charge is 0.337 e. The predicted molar refractivity (Wildman–Crippen MR) is 149 cm³/mol. The monoisotopic (exact) mass is 508 g/mol. The first-order chi connectivity index (χ1) is 17.1. The number of urea groups is 1. The van der Waals surface area contributed by atoms with Crippen LogP contribution in [0.15, 0.2) is 53.7 Å². The van der Waals surface area contributed by atoms with Crippen LogP contribution in [0, 0.1) is 0 Å². The quantitative estimate of drug-likeness (QED) is 0.302. The Kier molecular flexibility index (Phi) is 8.74. The molecule has 0 saturated heterocycles. The molecule has 0 aromatic heterocycles. The van der Waals surface area contributed by atoms with Gasteiger partial charge in [-0.1, -0.05) is 58.0 Å². The van der Waals surface area contributed by atoms with Gasteiger partial charge in [0.05, 0.1) is 18.7 Å². The van der Waals surface area contributed by atoms with Gasteiger partial charge in [-0.3, -0.25) is 0 Å².